The number of hydrogen-bond acceptors (Lipinski definition) is 6. The van der Waals surface area contributed by atoms with Gasteiger partial charge in [-0.1, -0.05) is 90.6 Å². The van der Waals surface area contributed by atoms with Gasteiger partial charge in [-0.15, -0.1) is 10.2 Å². The third kappa shape index (κ3) is 5.78. The Hall–Kier alpha value is -4.50. The Morgan fingerprint density at radius 2 is 1.67 bits per heavy atom. The summed E-state index contributed by atoms with van der Waals surface area (Å²) in [6.07, 6.45) is 3.44. The van der Waals surface area contributed by atoms with Crippen molar-refractivity contribution >= 4 is 51.7 Å². The first-order valence-electron chi connectivity index (χ1n) is 14.1. The summed E-state index contributed by atoms with van der Waals surface area (Å²) in [6, 6.07) is 28.1. The summed E-state index contributed by atoms with van der Waals surface area (Å²) in [7, 11) is 0. The average molecular weight is 577 g/mol. The third-order valence-corrected chi connectivity index (χ3v) is 8.55. The van der Waals surface area contributed by atoms with Crippen molar-refractivity contribution in [2.45, 2.75) is 36.8 Å². The molecular weight excluding hydrogens is 544 g/mol. The molecule has 0 bridgehead atoms. The number of hydrogen-bond donors (Lipinski definition) is 0. The number of piperazine rings is 1. The molecule has 1 aliphatic rings. The molecule has 0 radical (unpaired) electrons. The first-order valence-corrected chi connectivity index (χ1v) is 15.0. The molecule has 6 rings (SSSR count). The van der Waals surface area contributed by atoms with E-state index in [2.05, 4.69) is 33.0 Å². The first-order chi connectivity index (χ1) is 20.5. The van der Waals surface area contributed by atoms with Crippen LogP contribution in [0.25, 0.3) is 28.1 Å². The van der Waals surface area contributed by atoms with Crippen LogP contribution in [-0.4, -0.2) is 72.3 Å². The number of carbonyl (C=O) groups is 2. The first kappa shape index (κ1) is 27.7. The second kappa shape index (κ2) is 12.2. The molecule has 0 saturated carbocycles. The van der Waals surface area contributed by atoms with Crippen LogP contribution in [0.3, 0.4) is 0 Å². The van der Waals surface area contributed by atoms with Gasteiger partial charge in [-0.05, 0) is 37.1 Å². The Morgan fingerprint density at radius 1 is 0.952 bits per heavy atom. The molecule has 8 nitrogen and oxygen atoms in total. The summed E-state index contributed by atoms with van der Waals surface area (Å²) in [5, 5.41) is 10.0. The smallest absolute Gasteiger partial charge is 0.246 e. The second-order valence-corrected chi connectivity index (χ2v) is 11.8. The summed E-state index contributed by atoms with van der Waals surface area (Å²) in [5.74, 6) is -0.0353. The van der Waals surface area contributed by atoms with E-state index < -0.39 is 5.25 Å². The van der Waals surface area contributed by atoms with Crippen LogP contribution >= 0.6 is 11.8 Å². The molecule has 42 heavy (non-hydrogen) atoms. The van der Waals surface area contributed by atoms with E-state index >= 15 is 0 Å². The highest BCUT2D eigenvalue weighted by atomic mass is 32.2. The molecule has 5 aromatic rings. The molecule has 2 atom stereocenters. The largest absolute Gasteiger partial charge is 0.338 e. The highest BCUT2D eigenvalue weighted by molar-refractivity contribution is 8.00. The third-order valence-electron chi connectivity index (χ3n) is 7.61. The van der Waals surface area contributed by atoms with Crippen LogP contribution in [0.15, 0.2) is 96.2 Å². The van der Waals surface area contributed by atoms with Crippen LogP contribution in [-0.2, 0) is 16.1 Å². The molecule has 0 N–H and O–H groups in total. The van der Waals surface area contributed by atoms with E-state index in [9.17, 15) is 9.59 Å². The predicted octanol–water partition coefficient (Wildman–Crippen LogP) is 5.28. The lowest BCUT2D eigenvalue weighted by atomic mass is 10.1. The van der Waals surface area contributed by atoms with Gasteiger partial charge in [-0.2, -0.15) is 0 Å². The molecule has 212 valence electrons. The van der Waals surface area contributed by atoms with Gasteiger partial charge in [0.1, 0.15) is 5.52 Å². The zero-order valence-corrected chi connectivity index (χ0v) is 24.4. The molecule has 9 heteroatoms. The summed E-state index contributed by atoms with van der Waals surface area (Å²) in [5.41, 5.74) is 4.69. The summed E-state index contributed by atoms with van der Waals surface area (Å²) in [4.78, 5) is 34.9. The number of benzene rings is 3. The van der Waals surface area contributed by atoms with Crippen molar-refractivity contribution in [1.29, 1.82) is 0 Å². The fourth-order valence-electron chi connectivity index (χ4n) is 5.44. The molecule has 3 aromatic carbocycles. The number of amides is 2. The van der Waals surface area contributed by atoms with Gasteiger partial charge in [0.05, 0.1) is 10.8 Å². The van der Waals surface area contributed by atoms with E-state index in [4.69, 9.17) is 4.98 Å². The molecule has 0 spiro atoms. The van der Waals surface area contributed by atoms with Crippen molar-refractivity contribution in [3.63, 3.8) is 0 Å². The molecule has 2 unspecified atom stereocenters. The molecule has 3 heterocycles. The van der Waals surface area contributed by atoms with Crippen LogP contribution in [0.4, 0.5) is 0 Å². The zero-order chi connectivity index (χ0) is 29.1. The number of para-hydroxylation sites is 1. The number of fused-ring (bicyclic) bond motifs is 3. The van der Waals surface area contributed by atoms with E-state index in [0.717, 1.165) is 27.6 Å². The van der Waals surface area contributed by atoms with Crippen molar-refractivity contribution in [3.05, 3.63) is 102 Å². The lowest BCUT2D eigenvalue weighted by molar-refractivity contribution is -0.139. The Labute approximate surface area is 249 Å². The number of carbonyl (C=O) groups excluding carboxylic acids is 2. The molecular formula is C33H32N6O2S. The molecule has 1 aliphatic heterocycles. The topological polar surface area (TPSA) is 84.2 Å². The van der Waals surface area contributed by atoms with Crippen LogP contribution in [0.2, 0.25) is 0 Å². The Morgan fingerprint density at radius 3 is 2.43 bits per heavy atom. The SMILES string of the molecule is CC(Sc1nnc2c3ccccc3n(Cc3ccccc3)c2n1)C(=O)N1CCN(C(=O)/C=C/c2ccccc2)C(C)C1. The fourth-order valence-corrected chi connectivity index (χ4v) is 6.24. The maximum Gasteiger partial charge on any atom is 0.246 e. The zero-order valence-electron chi connectivity index (χ0n) is 23.6. The second-order valence-electron chi connectivity index (χ2n) is 10.5. The maximum absolute atomic E-state index is 13.5. The van der Waals surface area contributed by atoms with Crippen LogP contribution in [0.1, 0.15) is 25.0 Å². The minimum Gasteiger partial charge on any atom is -0.338 e. The van der Waals surface area contributed by atoms with Crippen LogP contribution in [0, 0.1) is 0 Å². The van der Waals surface area contributed by atoms with Crippen LogP contribution in [0.5, 0.6) is 0 Å². The van der Waals surface area contributed by atoms with Crippen molar-refractivity contribution in [2.75, 3.05) is 19.6 Å². The van der Waals surface area contributed by atoms with Gasteiger partial charge in [0, 0.05) is 43.7 Å². The Balaban J connectivity index is 1.15. The predicted molar refractivity (Wildman–Crippen MR) is 167 cm³/mol. The molecule has 2 aromatic heterocycles. The van der Waals surface area contributed by atoms with E-state index in [0.29, 0.717) is 31.3 Å². The highest BCUT2D eigenvalue weighted by Gasteiger charge is 2.31. The van der Waals surface area contributed by atoms with E-state index in [1.54, 1.807) is 6.08 Å². The molecule has 1 saturated heterocycles. The summed E-state index contributed by atoms with van der Waals surface area (Å²) in [6.45, 7) is 5.98. The molecule has 1 fully saturated rings. The molecule has 2 amide bonds. The van der Waals surface area contributed by atoms with E-state index in [1.165, 1.54) is 17.3 Å². The van der Waals surface area contributed by atoms with E-state index in [1.807, 2.05) is 96.5 Å². The Bertz CT molecular complexity index is 1750. The molecule has 0 aliphatic carbocycles. The lowest BCUT2D eigenvalue weighted by Gasteiger charge is -2.40. The van der Waals surface area contributed by atoms with Crippen molar-refractivity contribution in [1.82, 2.24) is 29.5 Å². The number of thioether (sulfide) groups is 1. The summed E-state index contributed by atoms with van der Waals surface area (Å²) < 4.78 is 2.16. The van der Waals surface area contributed by atoms with Gasteiger partial charge in [-0.25, -0.2) is 4.98 Å². The van der Waals surface area contributed by atoms with Gasteiger partial charge in [0.2, 0.25) is 17.0 Å². The van der Waals surface area contributed by atoms with Crippen molar-refractivity contribution in [2.24, 2.45) is 0 Å². The standard InChI is InChI=1S/C33H32N6O2S/c1-23-21-37(19-20-38(23)29(40)18-17-25-11-5-3-6-12-25)32(41)24(2)42-33-34-31-30(35-36-33)27-15-9-10-16-28(27)39(31)22-26-13-7-4-8-14-26/h3-18,23-24H,19-22H2,1-2H3/b18-17+. The number of aromatic nitrogens is 4. The average Bonchev–Trinajstić information content (AvgIpc) is 3.33. The fraction of sp³-hybridized carbons (Fsp3) is 0.242. The van der Waals surface area contributed by atoms with Gasteiger partial charge in [-0.3, -0.25) is 9.59 Å². The maximum atomic E-state index is 13.5. The van der Waals surface area contributed by atoms with Gasteiger partial charge >= 0.3 is 0 Å². The number of rotatable bonds is 7. The summed E-state index contributed by atoms with van der Waals surface area (Å²) >= 11 is 1.32. The van der Waals surface area contributed by atoms with Gasteiger partial charge in [0.25, 0.3) is 0 Å². The Kier molecular flexibility index (Phi) is 8.01. The van der Waals surface area contributed by atoms with Gasteiger partial charge < -0.3 is 14.4 Å². The van der Waals surface area contributed by atoms with E-state index in [-0.39, 0.29) is 17.9 Å². The lowest BCUT2D eigenvalue weighted by Crippen LogP contribution is -2.56. The van der Waals surface area contributed by atoms with Crippen molar-refractivity contribution < 1.29 is 9.59 Å². The van der Waals surface area contributed by atoms with Crippen LogP contribution < -0.4 is 0 Å². The van der Waals surface area contributed by atoms with Gasteiger partial charge in [0.15, 0.2) is 5.65 Å². The minimum atomic E-state index is -0.399. The monoisotopic (exact) mass is 576 g/mol. The number of nitrogens with zero attached hydrogens (tertiary/aromatic N) is 6. The minimum absolute atomic E-state index is 0.00676. The normalized spacial score (nSPS) is 16.4. The highest BCUT2D eigenvalue weighted by Crippen LogP contribution is 2.29. The van der Waals surface area contributed by atoms with Crippen molar-refractivity contribution in [3.8, 4) is 0 Å². The quantitative estimate of drug-likeness (QED) is 0.194.